The van der Waals surface area contributed by atoms with E-state index in [9.17, 15) is 8.42 Å². The summed E-state index contributed by atoms with van der Waals surface area (Å²) < 4.78 is 28.4. The van der Waals surface area contributed by atoms with Gasteiger partial charge in [-0.05, 0) is 43.9 Å². The smallest absolute Gasteiger partial charge is 0.238 e. The Hall–Kier alpha value is -1.64. The van der Waals surface area contributed by atoms with Gasteiger partial charge < -0.3 is 15.4 Å². The zero-order valence-electron chi connectivity index (χ0n) is 13.7. The van der Waals surface area contributed by atoms with Gasteiger partial charge in [0.1, 0.15) is 0 Å². The van der Waals surface area contributed by atoms with E-state index >= 15 is 0 Å². The van der Waals surface area contributed by atoms with Crippen LogP contribution in [0.1, 0.15) is 31.7 Å². The Bertz CT molecular complexity index is 703. The molecule has 4 N–H and O–H groups in total. The Labute approximate surface area is 142 Å². The monoisotopic (exact) mass is 352 g/mol. The van der Waals surface area contributed by atoms with Crippen molar-refractivity contribution in [3.8, 4) is 0 Å². The summed E-state index contributed by atoms with van der Waals surface area (Å²) in [6.07, 6.45) is 3.97. The van der Waals surface area contributed by atoms with Gasteiger partial charge in [-0.25, -0.2) is 18.5 Å². The van der Waals surface area contributed by atoms with Crippen molar-refractivity contribution in [3.05, 3.63) is 29.8 Å². The third-order valence-corrected chi connectivity index (χ3v) is 5.37. The van der Waals surface area contributed by atoms with Crippen LogP contribution >= 0.6 is 0 Å². The van der Waals surface area contributed by atoms with Gasteiger partial charge in [0, 0.05) is 6.54 Å². The van der Waals surface area contributed by atoms with E-state index in [0.29, 0.717) is 18.7 Å². The number of nitrogens with two attached hydrogens (primary N) is 1. The molecule has 8 heteroatoms. The molecule has 0 spiro atoms. The van der Waals surface area contributed by atoms with Crippen molar-refractivity contribution in [3.63, 3.8) is 0 Å². The lowest BCUT2D eigenvalue weighted by molar-refractivity contribution is 0.0992. The first kappa shape index (κ1) is 17.2. The number of fused-ring (bicyclic) bond motifs is 2. The largest absolute Gasteiger partial charge is 0.373 e. The van der Waals surface area contributed by atoms with Gasteiger partial charge in [0.05, 0.1) is 29.7 Å². The van der Waals surface area contributed by atoms with Crippen molar-refractivity contribution < 1.29 is 13.2 Å². The van der Waals surface area contributed by atoms with Crippen LogP contribution in [0.3, 0.4) is 0 Å². The number of sulfonamides is 1. The molecule has 2 bridgehead atoms. The maximum atomic E-state index is 11.3. The van der Waals surface area contributed by atoms with Crippen molar-refractivity contribution in [2.24, 2.45) is 10.1 Å². The van der Waals surface area contributed by atoms with Crippen LogP contribution in [0.15, 0.2) is 34.2 Å². The molecule has 7 nitrogen and oxygen atoms in total. The number of benzene rings is 1. The normalized spacial score (nSPS) is 26.6. The number of hydrogen-bond acceptors (Lipinski definition) is 4. The molecule has 132 valence electrons. The van der Waals surface area contributed by atoms with Crippen molar-refractivity contribution in [1.29, 1.82) is 0 Å². The highest BCUT2D eigenvalue weighted by molar-refractivity contribution is 7.89. The molecule has 1 aromatic carbocycles. The summed E-state index contributed by atoms with van der Waals surface area (Å²) in [5.74, 6) is 0.758. The van der Waals surface area contributed by atoms with Crippen LogP contribution in [0.5, 0.6) is 0 Å². The molecule has 0 aliphatic carbocycles. The lowest BCUT2D eigenvalue weighted by Crippen LogP contribution is -2.47. The maximum absolute atomic E-state index is 11.3. The molecule has 3 unspecified atom stereocenters. The lowest BCUT2D eigenvalue weighted by atomic mass is 9.96. The Morgan fingerprint density at radius 1 is 1.33 bits per heavy atom. The number of nitrogens with one attached hydrogen (secondary N) is 2. The molecule has 24 heavy (non-hydrogen) atoms. The van der Waals surface area contributed by atoms with Gasteiger partial charge in [-0.2, -0.15) is 0 Å². The number of nitrogens with zero attached hydrogens (tertiary/aromatic N) is 1. The zero-order chi connectivity index (χ0) is 17.2. The fourth-order valence-electron chi connectivity index (χ4n) is 3.24. The van der Waals surface area contributed by atoms with E-state index in [4.69, 9.17) is 9.88 Å². The van der Waals surface area contributed by atoms with Gasteiger partial charge in [-0.3, -0.25) is 0 Å². The summed E-state index contributed by atoms with van der Waals surface area (Å²) in [5, 5.41) is 11.8. The van der Waals surface area contributed by atoms with E-state index in [1.807, 2.05) is 6.92 Å². The quantitative estimate of drug-likeness (QED) is 0.534. The highest BCUT2D eigenvalue weighted by atomic mass is 32.2. The number of ether oxygens (including phenoxy) is 1. The first-order valence-electron chi connectivity index (χ1n) is 8.27. The van der Waals surface area contributed by atoms with Crippen molar-refractivity contribution in [1.82, 2.24) is 10.6 Å². The van der Waals surface area contributed by atoms with Crippen LogP contribution in [-0.2, 0) is 21.3 Å². The van der Waals surface area contributed by atoms with Gasteiger partial charge in [-0.1, -0.05) is 12.1 Å². The van der Waals surface area contributed by atoms with Crippen LogP contribution < -0.4 is 15.8 Å². The predicted molar refractivity (Wildman–Crippen MR) is 92.1 cm³/mol. The van der Waals surface area contributed by atoms with Crippen LogP contribution in [0.2, 0.25) is 0 Å². The topological polar surface area (TPSA) is 106 Å². The summed E-state index contributed by atoms with van der Waals surface area (Å²) >= 11 is 0. The summed E-state index contributed by atoms with van der Waals surface area (Å²) in [4.78, 5) is 4.69. The maximum Gasteiger partial charge on any atom is 0.238 e. The van der Waals surface area contributed by atoms with Gasteiger partial charge in [0.15, 0.2) is 5.96 Å². The lowest BCUT2D eigenvalue weighted by Gasteiger charge is -2.22. The minimum atomic E-state index is -3.65. The van der Waals surface area contributed by atoms with Crippen LogP contribution in [0.25, 0.3) is 0 Å². The average molecular weight is 352 g/mol. The van der Waals surface area contributed by atoms with Crippen LogP contribution in [0.4, 0.5) is 0 Å². The Balaban J connectivity index is 1.63. The SMILES string of the molecule is CCNC(=NCc1ccc(S(N)(=O)=O)cc1)NC1CC2CCC1O2. The third-order valence-electron chi connectivity index (χ3n) is 4.44. The molecule has 2 saturated heterocycles. The molecular formula is C16H24N4O3S. The van der Waals surface area contributed by atoms with E-state index in [-0.39, 0.29) is 11.0 Å². The number of guanidine groups is 1. The van der Waals surface area contributed by atoms with Crippen LogP contribution in [0, 0.1) is 0 Å². The number of rotatable bonds is 5. The Morgan fingerprint density at radius 2 is 2.08 bits per heavy atom. The highest BCUT2D eigenvalue weighted by Crippen LogP contribution is 2.34. The first-order valence-corrected chi connectivity index (χ1v) is 9.82. The van der Waals surface area contributed by atoms with Crippen molar-refractivity contribution >= 4 is 16.0 Å². The average Bonchev–Trinajstić information content (AvgIpc) is 3.15. The fraction of sp³-hybridized carbons (Fsp3) is 0.562. The molecule has 2 aliphatic heterocycles. The zero-order valence-corrected chi connectivity index (χ0v) is 14.6. The molecule has 2 fully saturated rings. The third kappa shape index (κ3) is 4.06. The van der Waals surface area contributed by atoms with E-state index in [2.05, 4.69) is 15.6 Å². The molecule has 0 radical (unpaired) electrons. The molecule has 2 heterocycles. The highest BCUT2D eigenvalue weighted by Gasteiger charge is 2.41. The van der Waals surface area contributed by atoms with E-state index in [1.54, 1.807) is 12.1 Å². The van der Waals surface area contributed by atoms with Gasteiger partial charge >= 0.3 is 0 Å². The summed E-state index contributed by atoms with van der Waals surface area (Å²) in [7, 11) is -3.65. The number of primary sulfonamides is 1. The molecule has 3 rings (SSSR count). The molecular weight excluding hydrogens is 328 g/mol. The number of aliphatic imine (C=N–C) groups is 1. The van der Waals surface area contributed by atoms with Gasteiger partial charge in [0.25, 0.3) is 0 Å². The predicted octanol–water partition coefficient (Wildman–Crippen LogP) is 0.709. The number of hydrogen-bond donors (Lipinski definition) is 3. The molecule has 0 amide bonds. The second-order valence-electron chi connectivity index (χ2n) is 6.24. The van der Waals surface area contributed by atoms with Gasteiger partial charge in [0.2, 0.25) is 10.0 Å². The molecule has 0 saturated carbocycles. The summed E-state index contributed by atoms with van der Waals surface area (Å²) in [6.45, 7) is 3.26. The summed E-state index contributed by atoms with van der Waals surface area (Å²) in [6, 6.07) is 6.78. The Morgan fingerprint density at radius 3 is 2.62 bits per heavy atom. The van der Waals surface area contributed by atoms with Gasteiger partial charge in [-0.15, -0.1) is 0 Å². The second-order valence-corrected chi connectivity index (χ2v) is 7.81. The summed E-state index contributed by atoms with van der Waals surface area (Å²) in [5.41, 5.74) is 0.920. The Kier molecular flexibility index (Phi) is 5.07. The van der Waals surface area contributed by atoms with Crippen LogP contribution in [-0.4, -0.2) is 39.2 Å². The minimum absolute atomic E-state index is 0.111. The first-order chi connectivity index (χ1) is 11.5. The fourth-order valence-corrected chi connectivity index (χ4v) is 3.76. The van der Waals surface area contributed by atoms with E-state index in [0.717, 1.165) is 37.3 Å². The standard InChI is InChI=1S/C16H24N4O3S/c1-2-18-16(20-14-9-12-5-8-15(14)23-12)19-10-11-3-6-13(7-4-11)24(17,21)22/h3-4,6-7,12,14-15H,2,5,8-10H2,1H3,(H2,17,21,22)(H2,18,19,20). The molecule has 2 aliphatic rings. The van der Waals surface area contributed by atoms with E-state index in [1.165, 1.54) is 12.1 Å². The van der Waals surface area contributed by atoms with Crippen molar-refractivity contribution in [2.45, 2.75) is 55.9 Å². The molecule has 0 aromatic heterocycles. The van der Waals surface area contributed by atoms with Crippen molar-refractivity contribution in [2.75, 3.05) is 6.54 Å². The second kappa shape index (κ2) is 7.08. The molecule has 3 atom stereocenters. The minimum Gasteiger partial charge on any atom is -0.373 e. The molecule has 1 aromatic rings. The van der Waals surface area contributed by atoms with E-state index < -0.39 is 10.0 Å².